The van der Waals surface area contributed by atoms with Crippen molar-refractivity contribution in [1.29, 1.82) is 0 Å². The van der Waals surface area contributed by atoms with Gasteiger partial charge in [0.1, 0.15) is 0 Å². The highest BCUT2D eigenvalue weighted by atomic mass is 32.2. The molecule has 1 aromatic carbocycles. The molecule has 1 aromatic rings. The van der Waals surface area contributed by atoms with Crippen LogP contribution in [0.2, 0.25) is 0 Å². The summed E-state index contributed by atoms with van der Waals surface area (Å²) in [6, 6.07) is 5.31. The van der Waals surface area contributed by atoms with E-state index in [-0.39, 0.29) is 12.1 Å². The van der Waals surface area contributed by atoms with Crippen molar-refractivity contribution in [3.63, 3.8) is 0 Å². The maximum atomic E-state index is 12.7. The van der Waals surface area contributed by atoms with Gasteiger partial charge in [-0.1, -0.05) is 17.7 Å². The Morgan fingerprint density at radius 2 is 1.68 bits per heavy atom. The molecule has 0 aliphatic rings. The molecular weight excluding hydrogens is 260 g/mol. The fourth-order valence-electron chi connectivity index (χ4n) is 1.95. The Bertz CT molecular complexity index is 536. The van der Waals surface area contributed by atoms with Crippen LogP contribution in [0.5, 0.6) is 0 Å². The third kappa shape index (κ3) is 3.78. The molecule has 4 nitrogen and oxygen atoms in total. The average Bonchev–Trinajstić information content (AvgIpc) is 2.24. The Kier molecular flexibility index (Phi) is 5.12. The van der Waals surface area contributed by atoms with Gasteiger partial charge in [-0.3, -0.25) is 0 Å². The van der Waals surface area contributed by atoms with Gasteiger partial charge in [0, 0.05) is 12.1 Å². The lowest BCUT2D eigenvalue weighted by molar-refractivity contribution is 0.242. The zero-order valence-electron chi connectivity index (χ0n) is 12.6. The maximum absolute atomic E-state index is 12.7. The van der Waals surface area contributed by atoms with Crippen LogP contribution in [-0.2, 0) is 10.0 Å². The van der Waals surface area contributed by atoms with Crippen molar-refractivity contribution in [3.8, 4) is 0 Å². The molecule has 0 amide bonds. The van der Waals surface area contributed by atoms with Gasteiger partial charge in [0.25, 0.3) is 10.0 Å². The predicted molar refractivity (Wildman–Crippen MR) is 78.3 cm³/mol. The molecule has 19 heavy (non-hydrogen) atoms. The lowest BCUT2D eigenvalue weighted by Gasteiger charge is -2.29. The molecule has 0 heterocycles. The van der Waals surface area contributed by atoms with Gasteiger partial charge in [-0.2, -0.15) is 0 Å². The SMILES string of the molecule is Cc1ccc(S(=O)(=O)N(NC(C)C)C(C)C)c(C)c1. The molecule has 0 radical (unpaired) electrons. The maximum Gasteiger partial charge on any atom is 0.256 e. The van der Waals surface area contributed by atoms with Gasteiger partial charge in [0.05, 0.1) is 4.90 Å². The predicted octanol–water partition coefficient (Wildman–Crippen LogP) is 2.62. The first kappa shape index (κ1) is 16.1. The minimum Gasteiger partial charge on any atom is -0.238 e. The van der Waals surface area contributed by atoms with Crippen molar-refractivity contribution >= 4 is 10.0 Å². The molecule has 0 saturated carbocycles. The molecular formula is C14H24N2O2S. The van der Waals surface area contributed by atoms with Gasteiger partial charge in [-0.15, -0.1) is 4.41 Å². The molecule has 0 aromatic heterocycles. The quantitative estimate of drug-likeness (QED) is 0.846. The van der Waals surface area contributed by atoms with Gasteiger partial charge >= 0.3 is 0 Å². The van der Waals surface area contributed by atoms with E-state index in [1.165, 1.54) is 4.41 Å². The molecule has 0 unspecified atom stereocenters. The third-order valence-electron chi connectivity index (χ3n) is 2.72. The lowest BCUT2D eigenvalue weighted by atomic mass is 10.2. The normalized spacial score (nSPS) is 12.7. The lowest BCUT2D eigenvalue weighted by Crippen LogP contribution is -2.50. The molecule has 5 heteroatoms. The van der Waals surface area contributed by atoms with Crippen molar-refractivity contribution in [2.24, 2.45) is 0 Å². The number of nitrogens with one attached hydrogen (secondary N) is 1. The van der Waals surface area contributed by atoms with Crippen LogP contribution in [0.4, 0.5) is 0 Å². The smallest absolute Gasteiger partial charge is 0.238 e. The van der Waals surface area contributed by atoms with Crippen LogP contribution in [0.1, 0.15) is 38.8 Å². The van der Waals surface area contributed by atoms with Crippen LogP contribution in [0.25, 0.3) is 0 Å². The zero-order chi connectivity index (χ0) is 14.8. The van der Waals surface area contributed by atoms with Crippen molar-refractivity contribution in [3.05, 3.63) is 29.3 Å². The molecule has 0 spiro atoms. The number of hydrogen-bond donors (Lipinski definition) is 1. The number of aryl methyl sites for hydroxylation is 2. The largest absolute Gasteiger partial charge is 0.256 e. The van der Waals surface area contributed by atoms with Gasteiger partial charge < -0.3 is 0 Å². The van der Waals surface area contributed by atoms with Gasteiger partial charge in [-0.25, -0.2) is 13.8 Å². The van der Waals surface area contributed by atoms with Crippen LogP contribution >= 0.6 is 0 Å². The monoisotopic (exact) mass is 284 g/mol. The van der Waals surface area contributed by atoms with Crippen LogP contribution < -0.4 is 5.43 Å². The topological polar surface area (TPSA) is 49.4 Å². The Balaban J connectivity index is 3.27. The number of nitrogens with zero attached hydrogens (tertiary/aromatic N) is 1. The summed E-state index contributed by atoms with van der Waals surface area (Å²) in [6.45, 7) is 11.3. The summed E-state index contributed by atoms with van der Waals surface area (Å²) in [5.74, 6) is 0. The summed E-state index contributed by atoms with van der Waals surface area (Å²) < 4.78 is 26.8. The summed E-state index contributed by atoms with van der Waals surface area (Å²) in [4.78, 5) is 0.361. The van der Waals surface area contributed by atoms with Crippen LogP contribution in [0, 0.1) is 13.8 Å². The Morgan fingerprint density at radius 3 is 2.11 bits per heavy atom. The Morgan fingerprint density at radius 1 is 1.11 bits per heavy atom. The van der Waals surface area contributed by atoms with E-state index in [0.29, 0.717) is 4.90 Å². The minimum atomic E-state index is -3.52. The van der Waals surface area contributed by atoms with Gasteiger partial charge in [0.2, 0.25) is 0 Å². The fourth-order valence-corrected chi connectivity index (χ4v) is 3.77. The number of rotatable bonds is 5. The van der Waals surface area contributed by atoms with E-state index >= 15 is 0 Å². The summed E-state index contributed by atoms with van der Waals surface area (Å²) >= 11 is 0. The summed E-state index contributed by atoms with van der Waals surface area (Å²) in [5, 5.41) is 0. The molecule has 0 aliphatic heterocycles. The van der Waals surface area contributed by atoms with Crippen molar-refractivity contribution in [2.75, 3.05) is 0 Å². The first-order valence-corrected chi connectivity index (χ1v) is 7.98. The van der Waals surface area contributed by atoms with Crippen LogP contribution in [0.15, 0.2) is 23.1 Å². The van der Waals surface area contributed by atoms with E-state index in [9.17, 15) is 8.42 Å². The van der Waals surface area contributed by atoms with E-state index in [0.717, 1.165) is 11.1 Å². The van der Waals surface area contributed by atoms with E-state index in [1.807, 2.05) is 53.7 Å². The highest BCUT2D eigenvalue weighted by molar-refractivity contribution is 7.89. The second-order valence-corrected chi connectivity index (χ2v) is 7.23. The van der Waals surface area contributed by atoms with E-state index in [2.05, 4.69) is 5.43 Å². The number of sulfonamides is 1. The van der Waals surface area contributed by atoms with Crippen molar-refractivity contribution in [2.45, 2.75) is 58.5 Å². The fraction of sp³-hybridized carbons (Fsp3) is 0.571. The summed E-state index contributed by atoms with van der Waals surface area (Å²) in [7, 11) is -3.52. The average molecular weight is 284 g/mol. The highest BCUT2D eigenvalue weighted by Gasteiger charge is 2.28. The third-order valence-corrected chi connectivity index (χ3v) is 4.78. The van der Waals surface area contributed by atoms with Crippen LogP contribution in [-0.4, -0.2) is 24.9 Å². The molecule has 0 fully saturated rings. The van der Waals surface area contributed by atoms with Gasteiger partial charge in [-0.05, 0) is 53.2 Å². The molecule has 0 aliphatic carbocycles. The number of benzene rings is 1. The molecule has 0 atom stereocenters. The molecule has 108 valence electrons. The summed E-state index contributed by atoms with van der Waals surface area (Å²) in [6.07, 6.45) is 0. The van der Waals surface area contributed by atoms with E-state index in [4.69, 9.17) is 0 Å². The van der Waals surface area contributed by atoms with Crippen molar-refractivity contribution in [1.82, 2.24) is 9.84 Å². The molecule has 1 rings (SSSR count). The second-order valence-electron chi connectivity index (χ2n) is 5.45. The highest BCUT2D eigenvalue weighted by Crippen LogP contribution is 2.21. The Hall–Kier alpha value is -0.910. The Labute approximate surface area is 116 Å². The van der Waals surface area contributed by atoms with Gasteiger partial charge in [0.15, 0.2) is 0 Å². The molecule has 1 N–H and O–H groups in total. The van der Waals surface area contributed by atoms with Crippen molar-refractivity contribution < 1.29 is 8.42 Å². The first-order valence-electron chi connectivity index (χ1n) is 6.54. The standard InChI is InChI=1S/C14H24N2O2S/c1-10(2)15-16(11(3)4)19(17,18)14-8-7-12(5)9-13(14)6/h7-11,15H,1-6H3. The zero-order valence-corrected chi connectivity index (χ0v) is 13.4. The second kappa shape index (κ2) is 6.03. The molecule has 0 saturated heterocycles. The number of hydrazine groups is 1. The molecule has 0 bridgehead atoms. The summed E-state index contributed by atoms with van der Waals surface area (Å²) in [5.41, 5.74) is 4.84. The van der Waals surface area contributed by atoms with E-state index < -0.39 is 10.0 Å². The van der Waals surface area contributed by atoms with Crippen LogP contribution in [0.3, 0.4) is 0 Å². The number of hydrogen-bond acceptors (Lipinski definition) is 3. The van der Waals surface area contributed by atoms with E-state index in [1.54, 1.807) is 6.07 Å². The first-order chi connectivity index (χ1) is 8.66. The minimum absolute atomic E-state index is 0.0583.